The smallest absolute Gasteiger partial charge is 0.268 e. The minimum Gasteiger partial charge on any atom is -0.496 e. The van der Waals surface area contributed by atoms with Crippen LogP contribution in [0.4, 0.5) is 0 Å². The van der Waals surface area contributed by atoms with Gasteiger partial charge in [-0.05, 0) is 42.1 Å². The minimum atomic E-state index is -0.975. The summed E-state index contributed by atoms with van der Waals surface area (Å²) >= 11 is 0. The third-order valence-electron chi connectivity index (χ3n) is 5.68. The molecule has 0 bridgehead atoms. The number of Topliss-reactive ketones (excluding diaryl/α,β-unsaturated/α-hetero) is 1. The highest BCUT2D eigenvalue weighted by atomic mass is 16.5. The van der Waals surface area contributed by atoms with Crippen molar-refractivity contribution in [2.45, 2.75) is 39.7 Å². The highest BCUT2D eigenvalue weighted by Crippen LogP contribution is 2.26. The Morgan fingerprint density at radius 3 is 2.62 bits per heavy atom. The van der Waals surface area contributed by atoms with Gasteiger partial charge in [0.2, 0.25) is 11.8 Å². The molecule has 4 N–H and O–H groups in total. The van der Waals surface area contributed by atoms with Gasteiger partial charge in [0, 0.05) is 29.4 Å². The summed E-state index contributed by atoms with van der Waals surface area (Å²) in [4.78, 5) is 52.9. The van der Waals surface area contributed by atoms with E-state index in [-0.39, 0.29) is 37.1 Å². The Kier molecular flexibility index (Phi) is 10.5. The molecule has 1 unspecified atom stereocenters. The quantitative estimate of drug-likeness (QED) is 0.287. The van der Waals surface area contributed by atoms with Gasteiger partial charge in [0.15, 0.2) is 12.4 Å². The lowest BCUT2D eigenvalue weighted by Gasteiger charge is -2.20. The number of carbonyl (C=O) groups is 4. The maximum absolute atomic E-state index is 12.8. The molecule has 2 atom stereocenters. The van der Waals surface area contributed by atoms with Crippen LogP contribution >= 0.6 is 0 Å². The predicted molar refractivity (Wildman–Crippen MR) is 142 cm³/mol. The topological polar surface area (TPSA) is 165 Å². The van der Waals surface area contributed by atoms with Gasteiger partial charge in [-0.25, -0.2) is 0 Å². The van der Waals surface area contributed by atoms with Crippen molar-refractivity contribution in [2.24, 2.45) is 11.8 Å². The lowest BCUT2D eigenvalue weighted by Crippen LogP contribution is -2.48. The van der Waals surface area contributed by atoms with E-state index < -0.39 is 29.6 Å². The first-order chi connectivity index (χ1) is 18.7. The van der Waals surface area contributed by atoms with Gasteiger partial charge in [0.1, 0.15) is 17.7 Å². The number of amides is 3. The molecule has 0 aliphatic carbocycles. The summed E-state index contributed by atoms with van der Waals surface area (Å²) in [5.41, 5.74) is 0.972. The van der Waals surface area contributed by atoms with Crippen LogP contribution in [-0.4, -0.2) is 66.5 Å². The van der Waals surface area contributed by atoms with Crippen molar-refractivity contribution in [3.05, 3.63) is 42.3 Å². The lowest BCUT2D eigenvalue weighted by molar-refractivity contribution is -0.130. The first kappa shape index (κ1) is 29.2. The zero-order valence-corrected chi connectivity index (χ0v) is 22.5. The van der Waals surface area contributed by atoms with Crippen molar-refractivity contribution in [3.8, 4) is 11.6 Å². The maximum Gasteiger partial charge on any atom is 0.268 e. The first-order valence-electron chi connectivity index (χ1n) is 12.7. The molecule has 0 radical (unpaired) electrons. The molecule has 12 heteroatoms. The normalized spacial score (nSPS) is 15.2. The fourth-order valence-corrected chi connectivity index (χ4v) is 3.88. The van der Waals surface area contributed by atoms with Crippen molar-refractivity contribution in [1.29, 1.82) is 0 Å². The minimum absolute atomic E-state index is 0.119. The molecule has 210 valence electrons. The van der Waals surface area contributed by atoms with Crippen molar-refractivity contribution in [2.75, 3.05) is 26.8 Å². The van der Waals surface area contributed by atoms with Crippen molar-refractivity contribution >= 4 is 34.4 Å². The van der Waals surface area contributed by atoms with Crippen LogP contribution in [0.2, 0.25) is 0 Å². The molecule has 12 nitrogen and oxygen atoms in total. The molecule has 1 fully saturated rings. The zero-order chi connectivity index (χ0) is 28.4. The summed E-state index contributed by atoms with van der Waals surface area (Å²) in [6.07, 6.45) is 1.98. The molecule has 4 rings (SSSR count). The molecule has 0 spiro atoms. The molecule has 3 amide bonds. The van der Waals surface area contributed by atoms with E-state index in [0.717, 1.165) is 11.3 Å². The number of aromatic amines is 1. The number of rotatable bonds is 11. The number of methoxy groups -OCH3 is 1. The average molecular weight is 542 g/mol. The van der Waals surface area contributed by atoms with Crippen LogP contribution < -0.4 is 25.4 Å². The molecule has 1 aliphatic rings. The zero-order valence-electron chi connectivity index (χ0n) is 22.5. The van der Waals surface area contributed by atoms with E-state index in [2.05, 4.69) is 51.4 Å². The maximum atomic E-state index is 12.8. The number of ketones is 1. The average Bonchev–Trinajstić information content (AvgIpc) is 3.66. The van der Waals surface area contributed by atoms with Gasteiger partial charge in [0.05, 0.1) is 19.7 Å². The number of hydrogen-bond acceptors (Lipinski definition) is 8. The number of benzene rings is 1. The van der Waals surface area contributed by atoms with Crippen LogP contribution in [0.1, 0.15) is 44.1 Å². The number of nitrogens with zero attached hydrogens (tertiary/aromatic N) is 1. The van der Waals surface area contributed by atoms with Crippen LogP contribution in [0.25, 0.3) is 10.9 Å². The van der Waals surface area contributed by atoms with Crippen molar-refractivity contribution in [1.82, 2.24) is 26.1 Å². The number of hydrogen-bond donors (Lipinski definition) is 4. The fraction of sp³-hybridized carbons (Fsp3) is 0.444. The highest BCUT2D eigenvalue weighted by molar-refractivity contribution is 6.01. The number of fused-ring (bicyclic) bond motifs is 1. The Hall–Kier alpha value is -4.35. The van der Waals surface area contributed by atoms with E-state index >= 15 is 0 Å². The molecule has 1 aromatic carbocycles. The molecular formula is C27H35N5O7. The molecule has 3 aromatic rings. The summed E-state index contributed by atoms with van der Waals surface area (Å²) < 4.78 is 15.2. The summed E-state index contributed by atoms with van der Waals surface area (Å²) in [6, 6.07) is 7.48. The van der Waals surface area contributed by atoms with Crippen molar-refractivity contribution in [3.63, 3.8) is 0 Å². The van der Waals surface area contributed by atoms with Gasteiger partial charge in [-0.15, -0.1) is 0 Å². The number of carbonyl (C=O) groups excluding carboxylic acids is 4. The van der Waals surface area contributed by atoms with E-state index in [0.29, 0.717) is 24.2 Å². The van der Waals surface area contributed by atoms with Gasteiger partial charge in [0.25, 0.3) is 11.8 Å². The Morgan fingerprint density at radius 2 is 1.97 bits per heavy atom. The van der Waals surface area contributed by atoms with Gasteiger partial charge in [-0.2, -0.15) is 0 Å². The van der Waals surface area contributed by atoms with Gasteiger partial charge < -0.3 is 34.9 Å². The van der Waals surface area contributed by atoms with Crippen molar-refractivity contribution < 1.29 is 33.2 Å². The van der Waals surface area contributed by atoms with Crippen LogP contribution in [0.3, 0.4) is 0 Å². The largest absolute Gasteiger partial charge is 0.496 e. The van der Waals surface area contributed by atoms with Crippen LogP contribution in [0, 0.1) is 11.8 Å². The number of ether oxygens (including phenoxy) is 2. The molecule has 1 aliphatic heterocycles. The Morgan fingerprint density at radius 1 is 1.21 bits per heavy atom. The first-order valence-corrected chi connectivity index (χ1v) is 12.7. The Bertz CT molecular complexity index is 1270. The second-order valence-corrected chi connectivity index (χ2v) is 9.74. The molecular weight excluding hydrogens is 506 g/mol. The van der Waals surface area contributed by atoms with Crippen LogP contribution in [-0.2, 0) is 14.4 Å². The van der Waals surface area contributed by atoms with Crippen LogP contribution in [0.15, 0.2) is 41.1 Å². The van der Waals surface area contributed by atoms with E-state index in [1.54, 1.807) is 24.3 Å². The summed E-state index contributed by atoms with van der Waals surface area (Å²) in [7, 11) is 1.54. The second-order valence-electron chi connectivity index (χ2n) is 9.74. The summed E-state index contributed by atoms with van der Waals surface area (Å²) in [5, 5.41) is 12.2. The summed E-state index contributed by atoms with van der Waals surface area (Å²) in [5.74, 6) is -0.514. The number of H-pyrrole nitrogens is 1. The van der Waals surface area contributed by atoms with Gasteiger partial charge in [-0.3, -0.25) is 19.2 Å². The van der Waals surface area contributed by atoms with Crippen LogP contribution in [0.5, 0.6) is 11.6 Å². The fourth-order valence-electron chi connectivity index (χ4n) is 3.88. The molecule has 1 saturated heterocycles. The lowest BCUT2D eigenvalue weighted by atomic mass is 9.96. The third kappa shape index (κ3) is 8.59. The van der Waals surface area contributed by atoms with E-state index in [1.807, 2.05) is 0 Å². The van der Waals surface area contributed by atoms with Gasteiger partial charge in [-0.1, -0.05) is 26.8 Å². The Labute approximate surface area is 226 Å². The molecule has 39 heavy (non-hydrogen) atoms. The molecule has 0 saturated carbocycles. The SMILES string of the molecule is CC(C)C.COc1cccc2[nH]c(C(=O)NCC(=O)NC(C[C@@H]3CCNC3=O)C(=O)COc3ccon3)cc12. The molecule has 3 heterocycles. The highest BCUT2D eigenvalue weighted by Gasteiger charge is 2.31. The Balaban J connectivity index is 0.000000983. The van der Waals surface area contributed by atoms with E-state index in [4.69, 9.17) is 9.47 Å². The van der Waals surface area contributed by atoms with E-state index in [1.165, 1.54) is 19.4 Å². The standard InChI is InChI=1S/C23H25N5O7.C4H10/c1-33-19-4-2-3-15-14(19)10-17(26-15)23(32)25-11-20(30)27-16(9-13-5-7-24-22(13)31)18(29)12-34-21-6-8-35-28-21;1-4(2)3/h2-4,6,8,10,13,16,26H,5,7,9,11-12H2,1H3,(H,24,31)(H,25,32)(H,27,30);4H,1-3H3/t13-,16?;/m0./s1. The van der Waals surface area contributed by atoms with Gasteiger partial charge >= 0.3 is 0 Å². The third-order valence-corrected chi connectivity index (χ3v) is 5.68. The second kappa shape index (κ2) is 14.0. The van der Waals surface area contributed by atoms with E-state index in [9.17, 15) is 19.2 Å². The predicted octanol–water partition coefficient (Wildman–Crippen LogP) is 2.22. The monoisotopic (exact) mass is 541 g/mol. The number of nitrogens with one attached hydrogen (secondary N) is 4. The number of aromatic nitrogens is 2. The molecule has 2 aromatic heterocycles. The summed E-state index contributed by atoms with van der Waals surface area (Å²) in [6.45, 7) is 6.28.